The number of morpholine rings is 1. The number of nitrogens with zero attached hydrogens (tertiary/aromatic N) is 4. The predicted molar refractivity (Wildman–Crippen MR) is 184 cm³/mol. The van der Waals surface area contributed by atoms with Gasteiger partial charge in [-0.1, -0.05) is 36.4 Å². The molecule has 0 aliphatic carbocycles. The molecule has 4 aromatic carbocycles. The summed E-state index contributed by atoms with van der Waals surface area (Å²) >= 11 is 0. The van der Waals surface area contributed by atoms with E-state index in [1.54, 1.807) is 67.6 Å². The second-order valence-electron chi connectivity index (χ2n) is 11.9. The SMILES string of the molecule is Cc1cc(Oc2cccc(F)c2C)ccc1-n1ncc(C(=O)c2cc3c(CN4CCOCC4)cccc3n2S(=O)(=O)c2ccccc2)c1N. The molecule has 0 atom stereocenters. The fourth-order valence-corrected chi connectivity index (χ4v) is 7.66. The number of nitrogen functional groups attached to an aromatic ring is 1. The molecule has 0 unspecified atom stereocenters. The molecule has 3 heterocycles. The summed E-state index contributed by atoms with van der Waals surface area (Å²) in [6, 6.07) is 25.0. The fourth-order valence-electron chi connectivity index (χ4n) is 6.14. The molecule has 10 nitrogen and oxygen atoms in total. The number of nitrogens with two attached hydrogens (primary N) is 1. The number of fused-ring (bicyclic) bond motifs is 1. The van der Waals surface area contributed by atoms with E-state index in [1.807, 2.05) is 19.1 Å². The molecule has 2 aromatic heterocycles. The number of hydrogen-bond donors (Lipinski definition) is 1. The van der Waals surface area contributed by atoms with Crippen molar-refractivity contribution in [1.82, 2.24) is 18.7 Å². The van der Waals surface area contributed by atoms with Gasteiger partial charge in [0.25, 0.3) is 10.0 Å². The number of aryl methyl sites for hydroxylation is 1. The maximum absolute atomic E-state index is 14.4. The molecular formula is C37H34FN5O5S. The van der Waals surface area contributed by atoms with Crippen LogP contribution in [0, 0.1) is 19.7 Å². The molecule has 1 fully saturated rings. The van der Waals surface area contributed by atoms with E-state index in [4.69, 9.17) is 15.2 Å². The van der Waals surface area contributed by atoms with E-state index in [0.29, 0.717) is 53.4 Å². The normalized spacial score (nSPS) is 13.9. The van der Waals surface area contributed by atoms with Crippen molar-refractivity contribution in [3.05, 3.63) is 131 Å². The lowest BCUT2D eigenvalue weighted by Gasteiger charge is -2.26. The van der Waals surface area contributed by atoms with Crippen molar-refractivity contribution >= 4 is 32.5 Å². The molecule has 250 valence electrons. The Hall–Kier alpha value is -5.30. The average molecular weight is 680 g/mol. The van der Waals surface area contributed by atoms with Crippen molar-refractivity contribution in [2.45, 2.75) is 25.3 Å². The summed E-state index contributed by atoms with van der Waals surface area (Å²) in [5.74, 6) is -0.0227. The van der Waals surface area contributed by atoms with Crippen LogP contribution in [0.3, 0.4) is 0 Å². The Morgan fingerprint density at radius 3 is 2.47 bits per heavy atom. The average Bonchev–Trinajstić information content (AvgIpc) is 3.69. The molecule has 0 amide bonds. The van der Waals surface area contributed by atoms with E-state index >= 15 is 0 Å². The van der Waals surface area contributed by atoms with Gasteiger partial charge >= 0.3 is 0 Å². The molecule has 6 aromatic rings. The highest BCUT2D eigenvalue weighted by atomic mass is 32.2. The van der Waals surface area contributed by atoms with E-state index < -0.39 is 15.8 Å². The van der Waals surface area contributed by atoms with Crippen LogP contribution in [0.2, 0.25) is 0 Å². The number of ether oxygens (including phenoxy) is 2. The van der Waals surface area contributed by atoms with Crippen molar-refractivity contribution < 1.29 is 27.1 Å². The van der Waals surface area contributed by atoms with Crippen LogP contribution in [-0.2, 0) is 21.3 Å². The predicted octanol–water partition coefficient (Wildman–Crippen LogP) is 6.26. The number of hydrogen-bond acceptors (Lipinski definition) is 8. The summed E-state index contributed by atoms with van der Waals surface area (Å²) < 4.78 is 56.5. The van der Waals surface area contributed by atoms with Crippen molar-refractivity contribution in [1.29, 1.82) is 0 Å². The summed E-state index contributed by atoms with van der Waals surface area (Å²) in [6.45, 7) is 6.79. The number of benzene rings is 4. The second-order valence-corrected chi connectivity index (χ2v) is 13.7. The van der Waals surface area contributed by atoms with Gasteiger partial charge in [0.05, 0.1) is 41.1 Å². The number of aromatic nitrogens is 3. The first-order valence-corrected chi connectivity index (χ1v) is 17.2. The highest BCUT2D eigenvalue weighted by Gasteiger charge is 2.30. The third-order valence-corrected chi connectivity index (χ3v) is 10.5. The van der Waals surface area contributed by atoms with Crippen molar-refractivity contribution in [2.75, 3.05) is 32.0 Å². The van der Waals surface area contributed by atoms with Crippen LogP contribution in [-0.4, -0.2) is 59.2 Å². The van der Waals surface area contributed by atoms with Crippen LogP contribution in [0.15, 0.2) is 102 Å². The molecule has 12 heteroatoms. The van der Waals surface area contributed by atoms with Gasteiger partial charge in [0, 0.05) is 30.6 Å². The van der Waals surface area contributed by atoms with Crippen molar-refractivity contribution in [3.63, 3.8) is 0 Å². The lowest BCUT2D eigenvalue weighted by molar-refractivity contribution is 0.0344. The summed E-state index contributed by atoms with van der Waals surface area (Å²) in [6.07, 6.45) is 1.35. The summed E-state index contributed by atoms with van der Waals surface area (Å²) in [5, 5.41) is 5.09. The van der Waals surface area contributed by atoms with E-state index in [1.165, 1.54) is 29.1 Å². The zero-order chi connectivity index (χ0) is 34.3. The van der Waals surface area contributed by atoms with Gasteiger partial charge in [-0.25, -0.2) is 21.5 Å². The first-order valence-electron chi connectivity index (χ1n) is 15.8. The van der Waals surface area contributed by atoms with Gasteiger partial charge < -0.3 is 15.2 Å². The summed E-state index contributed by atoms with van der Waals surface area (Å²) in [4.78, 5) is 16.7. The van der Waals surface area contributed by atoms with Gasteiger partial charge in [-0.3, -0.25) is 9.69 Å². The standard InChI is InChI=1S/C37H34FN5O5S/c1-24-20-27(48-35-13-7-11-31(38)25(35)2)14-15-32(24)42-37(39)30(22-40-42)36(44)34-21-29-26(23-41-16-18-47-19-17-41)8-6-12-33(29)43(34)49(45,46)28-9-4-3-5-10-28/h3-15,20-22H,16-19,23,39H2,1-2H3. The Labute approximate surface area is 283 Å². The molecule has 0 spiro atoms. The number of carbonyl (C=O) groups excluding carboxylic acids is 1. The Morgan fingerprint density at radius 1 is 0.959 bits per heavy atom. The second kappa shape index (κ2) is 13.0. The molecule has 0 saturated carbocycles. The Kier molecular flexibility index (Phi) is 8.53. The number of carbonyl (C=O) groups is 1. The van der Waals surface area contributed by atoms with Gasteiger partial charge in [0.2, 0.25) is 5.78 Å². The maximum Gasteiger partial charge on any atom is 0.268 e. The Balaban J connectivity index is 1.28. The fraction of sp³-hybridized carbons (Fsp3) is 0.189. The van der Waals surface area contributed by atoms with Crippen LogP contribution in [0.25, 0.3) is 16.6 Å². The molecule has 1 saturated heterocycles. The highest BCUT2D eigenvalue weighted by Crippen LogP contribution is 2.33. The number of anilines is 1. The quantitative estimate of drug-likeness (QED) is 0.178. The lowest BCUT2D eigenvalue weighted by Crippen LogP contribution is -2.35. The van der Waals surface area contributed by atoms with Gasteiger partial charge in [-0.05, 0) is 79.6 Å². The van der Waals surface area contributed by atoms with E-state index in [0.717, 1.165) is 28.2 Å². The molecule has 1 aliphatic rings. The van der Waals surface area contributed by atoms with Crippen LogP contribution in [0.5, 0.6) is 11.5 Å². The molecular weight excluding hydrogens is 646 g/mol. The van der Waals surface area contributed by atoms with Crippen molar-refractivity contribution in [3.8, 4) is 17.2 Å². The monoisotopic (exact) mass is 679 g/mol. The lowest BCUT2D eigenvalue weighted by atomic mass is 10.1. The molecule has 0 radical (unpaired) electrons. The van der Waals surface area contributed by atoms with E-state index in [-0.39, 0.29) is 27.8 Å². The van der Waals surface area contributed by atoms with Gasteiger partial charge in [0.15, 0.2) is 0 Å². The Morgan fingerprint density at radius 2 is 1.71 bits per heavy atom. The third-order valence-electron chi connectivity index (χ3n) is 8.80. The molecule has 0 bridgehead atoms. The van der Waals surface area contributed by atoms with Crippen molar-refractivity contribution in [2.24, 2.45) is 0 Å². The number of rotatable bonds is 9. The molecule has 49 heavy (non-hydrogen) atoms. The smallest absolute Gasteiger partial charge is 0.268 e. The summed E-state index contributed by atoms with van der Waals surface area (Å²) in [7, 11) is -4.20. The van der Waals surface area contributed by atoms with Gasteiger partial charge in [-0.2, -0.15) is 5.10 Å². The number of halogens is 1. The van der Waals surface area contributed by atoms with Gasteiger partial charge in [0.1, 0.15) is 28.8 Å². The van der Waals surface area contributed by atoms with Crippen LogP contribution in [0.4, 0.5) is 10.2 Å². The van der Waals surface area contributed by atoms with Crippen LogP contribution in [0.1, 0.15) is 32.7 Å². The van der Waals surface area contributed by atoms with Crippen LogP contribution < -0.4 is 10.5 Å². The first kappa shape index (κ1) is 32.3. The first-order chi connectivity index (χ1) is 23.6. The van der Waals surface area contributed by atoms with E-state index in [9.17, 15) is 17.6 Å². The third kappa shape index (κ3) is 5.99. The van der Waals surface area contributed by atoms with Gasteiger partial charge in [-0.15, -0.1) is 0 Å². The van der Waals surface area contributed by atoms with E-state index in [2.05, 4.69) is 10.00 Å². The topological polar surface area (TPSA) is 122 Å². The largest absolute Gasteiger partial charge is 0.457 e. The summed E-state index contributed by atoms with van der Waals surface area (Å²) in [5.41, 5.74) is 9.59. The molecule has 2 N–H and O–H groups in total. The number of ketones is 1. The Bertz CT molecular complexity index is 2310. The molecule has 7 rings (SSSR count). The zero-order valence-corrected chi connectivity index (χ0v) is 27.8. The minimum Gasteiger partial charge on any atom is -0.457 e. The minimum absolute atomic E-state index is 0.0465. The highest BCUT2D eigenvalue weighted by molar-refractivity contribution is 7.90. The zero-order valence-electron chi connectivity index (χ0n) is 27.0. The molecule has 1 aliphatic heterocycles. The maximum atomic E-state index is 14.4. The van der Waals surface area contributed by atoms with Crippen LogP contribution >= 0.6 is 0 Å². The minimum atomic E-state index is -4.20.